The van der Waals surface area contributed by atoms with Crippen LogP contribution in [0.2, 0.25) is 0 Å². The van der Waals surface area contributed by atoms with Gasteiger partial charge in [-0.3, -0.25) is 19.2 Å². The van der Waals surface area contributed by atoms with Gasteiger partial charge < -0.3 is 33.7 Å². The van der Waals surface area contributed by atoms with Gasteiger partial charge in [0.25, 0.3) is 0 Å². The first-order chi connectivity index (χ1) is 50.9. The van der Waals surface area contributed by atoms with Gasteiger partial charge in [0.05, 0.1) is 37.5 Å². The summed E-state index contributed by atoms with van der Waals surface area (Å²) in [6.45, 7) is 35.9. The number of phenolic OH excluding ortho intramolecular Hbond substituents is 1. The molecule has 0 amide bonds. The van der Waals surface area contributed by atoms with Crippen LogP contribution in [0.3, 0.4) is 0 Å². The predicted octanol–water partition coefficient (Wildman–Crippen LogP) is 21.9. The fraction of sp³-hybridized carbons (Fsp3) is 0.545. The third-order valence-electron chi connectivity index (χ3n) is 23.7. The molecule has 4 unspecified atom stereocenters. The Morgan fingerprint density at radius 2 is 1.05 bits per heavy atom. The van der Waals surface area contributed by atoms with Gasteiger partial charge >= 0.3 is 30.1 Å². The maximum Gasteiger partial charge on any atom is 0.426 e. The van der Waals surface area contributed by atoms with Crippen LogP contribution in [0.25, 0.3) is 25.1 Å². The van der Waals surface area contributed by atoms with Crippen molar-refractivity contribution < 1.29 is 92.0 Å². The molecule has 13 rings (SSSR count). The van der Waals surface area contributed by atoms with Crippen LogP contribution < -0.4 is 5.11 Å². The Morgan fingerprint density at radius 3 is 1.50 bits per heavy atom. The quantitative estimate of drug-likeness (QED) is 0.0239. The molecule has 6 aliphatic carbocycles. The number of fused-ring (bicyclic) bond motifs is 4. The summed E-state index contributed by atoms with van der Waals surface area (Å²) in [6.07, 6.45) is 1.27. The van der Waals surface area contributed by atoms with Crippen LogP contribution in [0.15, 0.2) is 127 Å². The topological polar surface area (TPSA) is 206 Å². The zero-order valence-electron chi connectivity index (χ0n) is 67.0. The van der Waals surface area contributed by atoms with Gasteiger partial charge in [0.2, 0.25) is 6.10 Å². The lowest BCUT2D eigenvalue weighted by Gasteiger charge is -2.60. The van der Waals surface area contributed by atoms with E-state index < -0.39 is 96.5 Å². The Hall–Kier alpha value is -7.56. The van der Waals surface area contributed by atoms with E-state index in [-0.39, 0.29) is 68.6 Å². The van der Waals surface area contributed by atoms with Gasteiger partial charge in [-0.2, -0.15) is 13.2 Å². The molecule has 5 fully saturated rings. The highest BCUT2D eigenvalue weighted by Crippen LogP contribution is 2.64. The number of carbonyl (C=O) groups is 4. The Kier molecular flexibility index (Phi) is 28.7. The van der Waals surface area contributed by atoms with Gasteiger partial charge in [0.1, 0.15) is 23.1 Å². The molecule has 110 heavy (non-hydrogen) atoms. The predicted molar refractivity (Wildman–Crippen MR) is 415 cm³/mol. The molecule has 4 bridgehead atoms. The molecule has 4 atom stereocenters. The van der Waals surface area contributed by atoms with Crippen molar-refractivity contribution in [3.8, 4) is 16.4 Å². The lowest BCUT2D eigenvalue weighted by atomic mass is 9.48. The van der Waals surface area contributed by atoms with E-state index in [9.17, 15) is 68.0 Å². The highest BCUT2D eigenvalue weighted by molar-refractivity contribution is 7.85. The number of alkyl halides is 3. The Labute approximate surface area is 648 Å². The SMILES string of the molecule is CCC(C)(C)C(=O)OC1(C)Cc2ccccc2C1.CCC(C)(C)C(=O)OC12CC3CC(C1)CC(C(=O)OC(CS(=O)(=O)[O-])C(F)(F)F)(C3)C2.CCC(C)(C)C(=O)OC1CC(C)(C)C(C)C(C)(C)C1.CCC(C)c1cccc(O)c1.Cc1c(F)c(F)c([O-])c(F)c1F.c1ccc(-[s+]2c3ccccc3c3ccccc32)cc1. The molecule has 6 aliphatic rings. The van der Waals surface area contributed by atoms with Crippen molar-refractivity contribution in [2.45, 2.75) is 250 Å². The van der Waals surface area contributed by atoms with Crippen molar-refractivity contribution in [3.05, 3.63) is 173 Å². The normalized spacial score (nSPS) is 21.9. The molecule has 13 nitrogen and oxygen atoms in total. The van der Waals surface area contributed by atoms with E-state index in [4.69, 9.17) is 19.3 Å². The van der Waals surface area contributed by atoms with Crippen LogP contribution in [0.5, 0.6) is 11.5 Å². The molecule has 604 valence electrons. The smallest absolute Gasteiger partial charge is 0.426 e. The summed E-state index contributed by atoms with van der Waals surface area (Å²) in [5.74, 6) is -10.9. The first-order valence-corrected chi connectivity index (χ1v) is 41.0. The summed E-state index contributed by atoms with van der Waals surface area (Å²) in [5, 5.41) is 22.3. The Morgan fingerprint density at radius 1 is 0.609 bits per heavy atom. The standard InChI is InChI=1S/C20H29F3O7S.C18H13S.C17H32O2.C16H22O2.C10H14O.C7H4F4O/c1-4-17(2,3)15(24)30-19-8-12-5-13(9-19)7-18(6-12,11-19)16(25)29-14(20(21,22)23)10-31(26,27)28;1-2-8-14(9-3-1)19-17-12-6-4-10-15(17)16-11-5-7-13-18(16)19;1-9-15(3,4)14(18)19-13-10-16(5,6)12(2)17(7,8)11-13;1-5-15(2,3)14(17)18-16(4)10-12-8-6-7-9-13(12)11-16;1-3-8(2)9-5-4-6-10(11)7-9;1-2-3(8)5(10)7(12)6(11)4(2)9/h12-14H,4-11H2,1-3H3,(H,26,27,28);1-13H;12-13H,9-11H2,1-8H3;6-9H,5,10-11H2,1-4H3;4-8,11H,3H2,1-2H3;12H,1H3/q;+1;;;;/p-2. The molecule has 6 aromatic carbocycles. The number of hydrogen-bond donors (Lipinski definition) is 1. The number of ether oxygens (including phenoxy) is 4. The Bertz CT molecular complexity index is 4270. The number of esters is 4. The molecule has 5 saturated carbocycles. The first kappa shape index (κ1) is 89.6. The van der Waals surface area contributed by atoms with Crippen LogP contribution in [0.1, 0.15) is 223 Å². The summed E-state index contributed by atoms with van der Waals surface area (Å²) >= 11 is 0. The number of benzene rings is 6. The lowest BCUT2D eigenvalue weighted by molar-refractivity contribution is -0.277. The highest BCUT2D eigenvalue weighted by Gasteiger charge is 2.64. The second-order valence-electron chi connectivity index (χ2n) is 34.5. The van der Waals surface area contributed by atoms with Gasteiger partial charge in [-0.1, -0.05) is 148 Å². The minimum absolute atomic E-state index is 0.00100. The van der Waals surface area contributed by atoms with E-state index in [0.29, 0.717) is 49.7 Å². The molecule has 1 aromatic heterocycles. The molecule has 0 aliphatic heterocycles. The summed E-state index contributed by atoms with van der Waals surface area (Å²) < 4.78 is 147. The van der Waals surface area contributed by atoms with E-state index in [1.54, 1.807) is 19.9 Å². The van der Waals surface area contributed by atoms with Crippen molar-refractivity contribution in [1.82, 2.24) is 0 Å². The molecular formula is C88H112F7O13S2-. The number of thiophene rings is 1. The van der Waals surface area contributed by atoms with Crippen LogP contribution in [-0.2, 0) is 61.1 Å². The molecule has 0 spiro atoms. The third kappa shape index (κ3) is 21.8. The second-order valence-corrected chi connectivity index (χ2v) is 37.9. The Balaban J connectivity index is 0.000000190. The van der Waals surface area contributed by atoms with Gasteiger partial charge in [-0.25, -0.2) is 26.0 Å². The van der Waals surface area contributed by atoms with E-state index in [2.05, 4.69) is 144 Å². The summed E-state index contributed by atoms with van der Waals surface area (Å²) in [5.41, 5.74) is -0.627. The molecule has 0 saturated heterocycles. The molecule has 22 heteroatoms. The van der Waals surface area contributed by atoms with E-state index in [0.717, 1.165) is 58.3 Å². The number of carbonyl (C=O) groups excluding carboxylic acids is 4. The van der Waals surface area contributed by atoms with Crippen LogP contribution in [-0.4, -0.2) is 77.3 Å². The third-order valence-corrected chi connectivity index (χ3v) is 26.8. The van der Waals surface area contributed by atoms with E-state index >= 15 is 0 Å². The number of rotatable bonds is 16. The van der Waals surface area contributed by atoms with Gasteiger partial charge in [-0.15, -0.1) is 0 Å². The molecular weight excluding hydrogens is 1460 g/mol. The summed E-state index contributed by atoms with van der Waals surface area (Å²) in [4.78, 5) is 51.5. The van der Waals surface area contributed by atoms with Gasteiger partial charge in [0, 0.05) is 46.1 Å². The van der Waals surface area contributed by atoms with Crippen LogP contribution in [0, 0.1) is 80.4 Å². The van der Waals surface area contributed by atoms with Gasteiger partial charge in [0.15, 0.2) is 37.6 Å². The summed E-state index contributed by atoms with van der Waals surface area (Å²) in [6, 6.07) is 44.2. The number of aromatic hydroxyl groups is 1. The molecule has 7 aromatic rings. The molecule has 1 heterocycles. The van der Waals surface area contributed by atoms with E-state index in [1.807, 2.05) is 85.7 Å². The molecule has 0 radical (unpaired) electrons. The zero-order valence-corrected chi connectivity index (χ0v) is 68.6. The minimum atomic E-state index is -5.27. The first-order valence-electron chi connectivity index (χ1n) is 38.2. The van der Waals surface area contributed by atoms with Crippen molar-refractivity contribution in [1.29, 1.82) is 0 Å². The number of phenols is 1. The average Bonchev–Trinajstić information content (AvgIpc) is 0.986. The maximum atomic E-state index is 13.3. The maximum absolute atomic E-state index is 13.3. The van der Waals surface area contributed by atoms with E-state index in [1.165, 1.54) is 41.8 Å². The number of hydrogen-bond acceptors (Lipinski definition) is 13. The molecule has 1 N–H and O–H groups in total. The number of halogens is 7. The lowest BCUT2D eigenvalue weighted by Crippen LogP contribution is -2.61. The monoisotopic (exact) mass is 1570 g/mol. The zero-order chi connectivity index (χ0) is 82.3. The van der Waals surface area contributed by atoms with Crippen molar-refractivity contribution in [3.63, 3.8) is 0 Å². The average molecular weight is 1570 g/mol. The van der Waals surface area contributed by atoms with Gasteiger partial charge in [-0.05, 0) is 231 Å². The summed E-state index contributed by atoms with van der Waals surface area (Å²) in [7, 11) is -5.21. The van der Waals surface area contributed by atoms with Crippen LogP contribution >= 0.6 is 10.5 Å². The highest BCUT2D eigenvalue weighted by atomic mass is 32.2. The fourth-order valence-electron chi connectivity index (χ4n) is 15.6. The second kappa shape index (κ2) is 35.2. The van der Waals surface area contributed by atoms with Crippen molar-refractivity contribution >= 4 is 64.6 Å². The van der Waals surface area contributed by atoms with Crippen molar-refractivity contribution in [2.24, 2.45) is 50.2 Å². The largest absolute Gasteiger partial charge is 0.868 e. The van der Waals surface area contributed by atoms with Crippen molar-refractivity contribution in [2.75, 3.05) is 5.75 Å². The van der Waals surface area contributed by atoms with Crippen LogP contribution in [0.4, 0.5) is 30.7 Å². The minimum Gasteiger partial charge on any atom is -0.868 e. The fourth-order valence-corrected chi connectivity index (χ4v) is 18.7.